The summed E-state index contributed by atoms with van der Waals surface area (Å²) in [6.07, 6.45) is 1.92. The van der Waals surface area contributed by atoms with E-state index in [9.17, 15) is 0 Å². The van der Waals surface area contributed by atoms with Crippen molar-refractivity contribution in [2.75, 3.05) is 26.4 Å². The lowest BCUT2D eigenvalue weighted by Crippen LogP contribution is -2.43. The van der Waals surface area contributed by atoms with Crippen molar-refractivity contribution >= 4 is 5.69 Å². The molecule has 18 heavy (non-hydrogen) atoms. The van der Waals surface area contributed by atoms with Gasteiger partial charge in [0, 0.05) is 12.6 Å². The number of nitrogens with zero attached hydrogens (tertiary/aromatic N) is 3. The molecule has 0 radical (unpaired) electrons. The van der Waals surface area contributed by atoms with E-state index >= 15 is 0 Å². The maximum absolute atomic E-state index is 6.07. The summed E-state index contributed by atoms with van der Waals surface area (Å²) in [7, 11) is 5.95. The first-order valence-electron chi connectivity index (χ1n) is 6.41. The van der Waals surface area contributed by atoms with Crippen LogP contribution in [0.15, 0.2) is 0 Å². The third-order valence-corrected chi connectivity index (χ3v) is 3.37. The number of likely N-dealkylation sites (N-methyl/N-ethyl adjacent to an activating group) is 1. The van der Waals surface area contributed by atoms with E-state index in [1.54, 1.807) is 4.68 Å². The molecule has 0 saturated heterocycles. The van der Waals surface area contributed by atoms with E-state index in [1.807, 2.05) is 21.1 Å². The second kappa shape index (κ2) is 5.61. The molecule has 0 amide bonds. The van der Waals surface area contributed by atoms with Crippen LogP contribution in [0.2, 0.25) is 0 Å². The fraction of sp³-hybridized carbons (Fsp3) is 0.769. The van der Waals surface area contributed by atoms with E-state index in [1.165, 1.54) is 0 Å². The van der Waals surface area contributed by atoms with Gasteiger partial charge in [-0.05, 0) is 34.4 Å². The monoisotopic (exact) mass is 254 g/mol. The van der Waals surface area contributed by atoms with Gasteiger partial charge in [-0.25, -0.2) is 4.68 Å². The summed E-state index contributed by atoms with van der Waals surface area (Å²) >= 11 is 0. The number of aromatic nitrogens is 2. The Balaban J connectivity index is 2.79. The topological polar surface area (TPSA) is 56.3 Å². The average molecular weight is 254 g/mol. The lowest BCUT2D eigenvalue weighted by molar-refractivity contribution is 0.108. The van der Waals surface area contributed by atoms with Crippen LogP contribution in [-0.2, 0) is 13.5 Å². The summed E-state index contributed by atoms with van der Waals surface area (Å²) in [5, 5.41) is 4.40. The van der Waals surface area contributed by atoms with Crippen molar-refractivity contribution in [3.05, 3.63) is 5.69 Å². The Kier molecular flexibility index (Phi) is 4.62. The van der Waals surface area contributed by atoms with Crippen LogP contribution in [0.4, 0.5) is 5.69 Å². The second-order valence-corrected chi connectivity index (χ2v) is 5.53. The van der Waals surface area contributed by atoms with E-state index in [4.69, 9.17) is 10.5 Å². The van der Waals surface area contributed by atoms with Crippen LogP contribution in [0.25, 0.3) is 0 Å². The molecular weight excluding hydrogens is 228 g/mol. The normalized spacial score (nSPS) is 12.2. The first kappa shape index (κ1) is 14.8. The van der Waals surface area contributed by atoms with Gasteiger partial charge in [0.05, 0.1) is 5.69 Å². The van der Waals surface area contributed by atoms with Crippen LogP contribution in [-0.4, -0.2) is 40.9 Å². The summed E-state index contributed by atoms with van der Waals surface area (Å²) in [5.74, 6) is 0.674. The third-order valence-electron chi connectivity index (χ3n) is 3.37. The lowest BCUT2D eigenvalue weighted by Gasteiger charge is -2.32. The molecular formula is C13H26N4O. The minimum Gasteiger partial charge on any atom is -0.474 e. The Bertz CT molecular complexity index is 396. The number of hydrogen-bond acceptors (Lipinski definition) is 4. The number of aryl methyl sites for hydroxylation is 2. The Morgan fingerprint density at radius 2 is 2.00 bits per heavy atom. The SMILES string of the molecule is CCCc1nn(C)c(OCC(C)(C)N(C)C)c1N. The zero-order chi connectivity index (χ0) is 13.9. The van der Waals surface area contributed by atoms with Crippen molar-refractivity contribution in [2.24, 2.45) is 7.05 Å². The molecule has 104 valence electrons. The van der Waals surface area contributed by atoms with Gasteiger partial charge in [0.15, 0.2) is 0 Å². The molecule has 0 saturated carbocycles. The van der Waals surface area contributed by atoms with Gasteiger partial charge in [-0.3, -0.25) is 0 Å². The van der Waals surface area contributed by atoms with Gasteiger partial charge < -0.3 is 15.4 Å². The maximum Gasteiger partial charge on any atom is 0.235 e. The average Bonchev–Trinajstić information content (AvgIpc) is 2.52. The number of ether oxygens (including phenoxy) is 1. The zero-order valence-corrected chi connectivity index (χ0v) is 12.4. The standard InChI is InChI=1S/C13H26N4O/c1-7-8-10-11(14)12(17(6)15-10)18-9-13(2,3)16(4)5/h7-9,14H2,1-6H3. The Labute approximate surface area is 110 Å². The van der Waals surface area contributed by atoms with Gasteiger partial charge in [0.25, 0.3) is 0 Å². The van der Waals surface area contributed by atoms with Crippen LogP contribution in [0.5, 0.6) is 5.88 Å². The molecule has 1 heterocycles. The molecule has 0 spiro atoms. The predicted octanol–water partition coefficient (Wildman–Crippen LogP) is 1.67. The Hall–Kier alpha value is -1.23. The summed E-state index contributed by atoms with van der Waals surface area (Å²) in [5.41, 5.74) is 7.64. The number of nitrogens with two attached hydrogens (primary N) is 1. The Morgan fingerprint density at radius 3 is 2.50 bits per heavy atom. The van der Waals surface area contributed by atoms with Gasteiger partial charge in [0.1, 0.15) is 12.3 Å². The summed E-state index contributed by atoms with van der Waals surface area (Å²) in [6, 6.07) is 0. The highest BCUT2D eigenvalue weighted by molar-refractivity contribution is 5.53. The van der Waals surface area contributed by atoms with Crippen molar-refractivity contribution in [1.29, 1.82) is 0 Å². The largest absolute Gasteiger partial charge is 0.474 e. The van der Waals surface area contributed by atoms with E-state index in [2.05, 4.69) is 30.8 Å². The lowest BCUT2D eigenvalue weighted by atomic mass is 10.1. The fourth-order valence-corrected chi connectivity index (χ4v) is 1.54. The van der Waals surface area contributed by atoms with Gasteiger partial charge in [-0.1, -0.05) is 13.3 Å². The van der Waals surface area contributed by atoms with Crippen molar-refractivity contribution in [2.45, 2.75) is 39.2 Å². The van der Waals surface area contributed by atoms with Crippen LogP contribution in [0.3, 0.4) is 0 Å². The molecule has 0 bridgehead atoms. The Morgan fingerprint density at radius 1 is 1.39 bits per heavy atom. The zero-order valence-electron chi connectivity index (χ0n) is 12.4. The van der Waals surface area contributed by atoms with Gasteiger partial charge in [-0.2, -0.15) is 5.10 Å². The first-order chi connectivity index (χ1) is 8.29. The molecule has 5 heteroatoms. The minimum atomic E-state index is -0.0400. The molecule has 0 fully saturated rings. The van der Waals surface area contributed by atoms with Gasteiger partial charge >= 0.3 is 0 Å². The molecule has 0 aromatic carbocycles. The maximum atomic E-state index is 6.07. The third kappa shape index (κ3) is 3.16. The van der Waals surface area contributed by atoms with Crippen molar-refractivity contribution in [3.8, 4) is 5.88 Å². The van der Waals surface area contributed by atoms with E-state index in [0.29, 0.717) is 18.2 Å². The van der Waals surface area contributed by atoms with Crippen molar-refractivity contribution < 1.29 is 4.74 Å². The van der Waals surface area contributed by atoms with E-state index in [-0.39, 0.29) is 5.54 Å². The van der Waals surface area contributed by atoms with Crippen LogP contribution in [0.1, 0.15) is 32.9 Å². The van der Waals surface area contributed by atoms with Crippen LogP contribution < -0.4 is 10.5 Å². The highest BCUT2D eigenvalue weighted by atomic mass is 16.5. The van der Waals surface area contributed by atoms with E-state index < -0.39 is 0 Å². The van der Waals surface area contributed by atoms with Gasteiger partial charge in [-0.15, -0.1) is 0 Å². The molecule has 0 aliphatic carbocycles. The molecule has 1 aromatic rings. The minimum absolute atomic E-state index is 0.0400. The molecule has 1 rings (SSSR count). The molecule has 1 aromatic heterocycles. The summed E-state index contributed by atoms with van der Waals surface area (Å²) in [6.45, 7) is 6.96. The van der Waals surface area contributed by atoms with Crippen LogP contribution in [0, 0.1) is 0 Å². The summed E-state index contributed by atoms with van der Waals surface area (Å²) in [4.78, 5) is 2.13. The highest BCUT2D eigenvalue weighted by Crippen LogP contribution is 2.26. The van der Waals surface area contributed by atoms with Crippen molar-refractivity contribution in [1.82, 2.24) is 14.7 Å². The number of hydrogen-bond donors (Lipinski definition) is 1. The number of anilines is 1. The quantitative estimate of drug-likeness (QED) is 0.839. The molecule has 0 unspecified atom stereocenters. The molecule has 0 aliphatic heterocycles. The first-order valence-corrected chi connectivity index (χ1v) is 6.41. The number of nitrogen functional groups attached to an aromatic ring is 1. The highest BCUT2D eigenvalue weighted by Gasteiger charge is 2.23. The molecule has 2 N–H and O–H groups in total. The van der Waals surface area contributed by atoms with Crippen molar-refractivity contribution in [3.63, 3.8) is 0 Å². The fourth-order valence-electron chi connectivity index (χ4n) is 1.54. The summed E-state index contributed by atoms with van der Waals surface area (Å²) < 4.78 is 7.58. The van der Waals surface area contributed by atoms with Crippen LogP contribution >= 0.6 is 0 Å². The van der Waals surface area contributed by atoms with E-state index in [0.717, 1.165) is 18.5 Å². The van der Waals surface area contributed by atoms with Gasteiger partial charge in [0.2, 0.25) is 5.88 Å². The number of rotatable bonds is 6. The smallest absolute Gasteiger partial charge is 0.235 e. The molecule has 0 aliphatic rings. The molecule has 5 nitrogen and oxygen atoms in total. The second-order valence-electron chi connectivity index (χ2n) is 5.53. The molecule has 0 atom stereocenters. The predicted molar refractivity (Wildman–Crippen MR) is 74.9 cm³/mol.